The molecule has 3 rings (SSSR count). The molecule has 2 N–H and O–H groups in total. The van der Waals surface area contributed by atoms with E-state index in [9.17, 15) is 0 Å². The Labute approximate surface area is 173 Å². The molecule has 8 heteroatoms. The molecule has 29 heavy (non-hydrogen) atoms. The second kappa shape index (κ2) is 10.0. The summed E-state index contributed by atoms with van der Waals surface area (Å²) in [5.41, 5.74) is 1.18. The van der Waals surface area contributed by atoms with Crippen molar-refractivity contribution in [3.05, 3.63) is 29.6 Å². The molecule has 0 bridgehead atoms. The highest BCUT2D eigenvalue weighted by Gasteiger charge is 2.33. The fourth-order valence-electron chi connectivity index (χ4n) is 4.16. The molecule has 2 heterocycles. The number of hydrogen-bond acceptors (Lipinski definition) is 5. The van der Waals surface area contributed by atoms with Crippen molar-refractivity contribution >= 4 is 0 Å². The van der Waals surface area contributed by atoms with Gasteiger partial charge in [-0.15, -0.1) is 5.10 Å². The number of benzene rings is 1. The van der Waals surface area contributed by atoms with Crippen molar-refractivity contribution in [2.24, 2.45) is 5.92 Å². The summed E-state index contributed by atoms with van der Waals surface area (Å²) in [6.07, 6.45) is 1.94. The Bertz CT molecular complexity index is 770. The van der Waals surface area contributed by atoms with Crippen molar-refractivity contribution in [1.82, 2.24) is 20.2 Å². The van der Waals surface area contributed by atoms with Crippen LogP contribution in [0, 0.1) is 5.92 Å². The zero-order chi connectivity index (χ0) is 20.8. The molecule has 1 aliphatic rings. The van der Waals surface area contributed by atoms with Gasteiger partial charge in [-0.25, -0.2) is 4.68 Å². The third kappa shape index (κ3) is 5.45. The Morgan fingerprint density at radius 1 is 1.07 bits per heavy atom. The summed E-state index contributed by atoms with van der Waals surface area (Å²) < 4.78 is 12.8. The topological polar surface area (TPSA) is 70.9 Å². The number of rotatable bonds is 9. The van der Waals surface area contributed by atoms with Crippen LogP contribution in [0.1, 0.15) is 37.7 Å². The van der Waals surface area contributed by atoms with Crippen LogP contribution in [-0.2, 0) is 13.0 Å². The number of quaternary nitrogens is 2. The zero-order valence-electron chi connectivity index (χ0n) is 18.4. The van der Waals surface area contributed by atoms with Crippen LogP contribution in [0.3, 0.4) is 0 Å². The molecule has 0 amide bonds. The normalized spacial score (nSPS) is 20.6. The largest absolute Gasteiger partial charge is 0.493 e. The molecule has 0 aliphatic carbocycles. The Kier molecular flexibility index (Phi) is 7.44. The second-order valence-electron chi connectivity index (χ2n) is 8.50. The molecule has 1 aromatic heterocycles. The van der Waals surface area contributed by atoms with E-state index in [1.165, 1.54) is 31.7 Å². The molecular formula is C21H36N6O2+2. The number of tetrazole rings is 1. The van der Waals surface area contributed by atoms with Crippen molar-refractivity contribution in [2.75, 3.05) is 47.4 Å². The lowest BCUT2D eigenvalue weighted by molar-refractivity contribution is -1.02. The van der Waals surface area contributed by atoms with Gasteiger partial charge in [-0.2, -0.15) is 0 Å². The molecule has 1 saturated heterocycles. The average molecular weight is 405 g/mol. The highest BCUT2D eigenvalue weighted by Crippen LogP contribution is 2.28. The van der Waals surface area contributed by atoms with E-state index in [4.69, 9.17) is 9.47 Å². The number of aromatic nitrogens is 4. The Morgan fingerprint density at radius 3 is 2.45 bits per heavy atom. The van der Waals surface area contributed by atoms with Gasteiger partial charge in [0.25, 0.3) is 0 Å². The fraction of sp³-hybridized carbons (Fsp3) is 0.667. The van der Waals surface area contributed by atoms with E-state index in [-0.39, 0.29) is 0 Å². The van der Waals surface area contributed by atoms with Crippen LogP contribution in [0.25, 0.3) is 0 Å². The van der Waals surface area contributed by atoms with Gasteiger partial charge in [0, 0.05) is 13.0 Å². The molecule has 8 nitrogen and oxygen atoms in total. The van der Waals surface area contributed by atoms with E-state index >= 15 is 0 Å². The van der Waals surface area contributed by atoms with Gasteiger partial charge in [-0.1, -0.05) is 19.9 Å². The molecule has 1 aliphatic heterocycles. The molecular weight excluding hydrogens is 368 g/mol. The molecule has 2 aromatic rings. The predicted molar refractivity (Wildman–Crippen MR) is 111 cm³/mol. The summed E-state index contributed by atoms with van der Waals surface area (Å²) in [4.78, 5) is 3.23. The van der Waals surface area contributed by atoms with Crippen LogP contribution >= 0.6 is 0 Å². The minimum Gasteiger partial charge on any atom is -0.493 e. The van der Waals surface area contributed by atoms with Crippen molar-refractivity contribution in [3.8, 4) is 11.5 Å². The Hall–Kier alpha value is -2.19. The van der Waals surface area contributed by atoms with E-state index in [0.29, 0.717) is 12.0 Å². The summed E-state index contributed by atoms with van der Waals surface area (Å²) >= 11 is 0. The van der Waals surface area contributed by atoms with Crippen LogP contribution in [-0.4, -0.2) is 67.7 Å². The molecule has 1 aromatic carbocycles. The van der Waals surface area contributed by atoms with Gasteiger partial charge in [0.2, 0.25) is 5.82 Å². The Morgan fingerprint density at radius 2 is 1.79 bits per heavy atom. The fourth-order valence-corrected chi connectivity index (χ4v) is 4.16. The number of likely N-dealkylation sites (N-methyl/N-ethyl adjacent to an activating group) is 1. The summed E-state index contributed by atoms with van der Waals surface area (Å²) in [6.45, 7) is 10.1. The smallest absolute Gasteiger partial charge is 0.209 e. The van der Waals surface area contributed by atoms with Crippen LogP contribution in [0.4, 0.5) is 0 Å². The van der Waals surface area contributed by atoms with Gasteiger partial charge in [0.1, 0.15) is 26.2 Å². The summed E-state index contributed by atoms with van der Waals surface area (Å²) in [7, 11) is 5.60. The quantitative estimate of drug-likeness (QED) is 0.586. The first-order valence-corrected chi connectivity index (χ1v) is 10.6. The lowest BCUT2D eigenvalue weighted by Gasteiger charge is -2.33. The molecule has 0 saturated carbocycles. The lowest BCUT2D eigenvalue weighted by Crippen LogP contribution is -3.27. The minimum atomic E-state index is 0.350. The average Bonchev–Trinajstić information content (AvgIpc) is 3.19. The van der Waals surface area contributed by atoms with Crippen molar-refractivity contribution < 1.29 is 19.3 Å². The van der Waals surface area contributed by atoms with Crippen LogP contribution < -0.4 is 19.3 Å². The first kappa shape index (κ1) is 21.5. The number of piperazine rings is 1. The van der Waals surface area contributed by atoms with Crippen LogP contribution in [0.5, 0.6) is 11.5 Å². The molecule has 0 unspecified atom stereocenters. The third-order valence-electron chi connectivity index (χ3n) is 5.88. The first-order chi connectivity index (χ1) is 14.0. The lowest BCUT2D eigenvalue weighted by atomic mass is 10.0. The van der Waals surface area contributed by atoms with E-state index in [0.717, 1.165) is 36.7 Å². The minimum absolute atomic E-state index is 0.350. The standard InChI is InChI=1S/C21H34N6O2/c1-16(2)14-18(26-12-10-25(3)11-13-26)21-22-23-24-27(21)9-8-17-6-7-19(28-4)20(15-17)29-5/h6-7,15-16,18H,8-14H2,1-5H3/p+2/t18-/m1/s1. The summed E-state index contributed by atoms with van der Waals surface area (Å²) in [5, 5.41) is 12.8. The van der Waals surface area contributed by atoms with Crippen LogP contribution in [0.15, 0.2) is 18.2 Å². The molecule has 1 fully saturated rings. The highest BCUT2D eigenvalue weighted by atomic mass is 16.5. The van der Waals surface area contributed by atoms with E-state index in [2.05, 4.69) is 42.5 Å². The van der Waals surface area contributed by atoms with E-state index in [1.807, 2.05) is 16.8 Å². The maximum Gasteiger partial charge on any atom is 0.209 e. The van der Waals surface area contributed by atoms with Gasteiger partial charge in [-0.3, -0.25) is 0 Å². The third-order valence-corrected chi connectivity index (χ3v) is 5.88. The van der Waals surface area contributed by atoms with Gasteiger partial charge < -0.3 is 19.3 Å². The van der Waals surface area contributed by atoms with Gasteiger partial charge >= 0.3 is 0 Å². The monoisotopic (exact) mass is 404 g/mol. The summed E-state index contributed by atoms with van der Waals surface area (Å²) in [5.74, 6) is 3.13. The molecule has 0 spiro atoms. The number of ether oxygens (including phenoxy) is 2. The predicted octanol–water partition coefficient (Wildman–Crippen LogP) is -0.567. The van der Waals surface area contributed by atoms with E-state index < -0.39 is 0 Å². The molecule has 0 radical (unpaired) electrons. The van der Waals surface area contributed by atoms with Gasteiger partial charge in [0.05, 0.1) is 21.3 Å². The SMILES string of the molecule is COc1ccc(CCn2nnnc2[C@@H](CC(C)C)[NH+]2CC[NH+](C)CC2)cc1OC. The van der Waals surface area contributed by atoms with Gasteiger partial charge in [-0.05, 0) is 40.5 Å². The number of nitrogens with zero attached hydrogens (tertiary/aromatic N) is 4. The van der Waals surface area contributed by atoms with E-state index in [1.54, 1.807) is 24.0 Å². The maximum atomic E-state index is 5.43. The summed E-state index contributed by atoms with van der Waals surface area (Å²) in [6, 6.07) is 6.41. The second-order valence-corrected chi connectivity index (χ2v) is 8.50. The molecule has 160 valence electrons. The number of nitrogens with one attached hydrogen (secondary N) is 2. The van der Waals surface area contributed by atoms with Crippen molar-refractivity contribution in [2.45, 2.75) is 39.3 Å². The Balaban J connectivity index is 1.74. The zero-order valence-corrected chi connectivity index (χ0v) is 18.4. The van der Waals surface area contributed by atoms with Gasteiger partial charge in [0.15, 0.2) is 17.5 Å². The maximum absolute atomic E-state index is 5.43. The van der Waals surface area contributed by atoms with Crippen molar-refractivity contribution in [3.63, 3.8) is 0 Å². The number of aryl methyl sites for hydroxylation is 2. The van der Waals surface area contributed by atoms with Crippen LogP contribution in [0.2, 0.25) is 0 Å². The highest BCUT2D eigenvalue weighted by molar-refractivity contribution is 5.42. The number of methoxy groups -OCH3 is 2. The number of hydrogen-bond donors (Lipinski definition) is 2. The molecule has 1 atom stereocenters. The van der Waals surface area contributed by atoms with Crippen molar-refractivity contribution in [1.29, 1.82) is 0 Å². The first-order valence-electron chi connectivity index (χ1n) is 10.6.